The zero-order valence-corrected chi connectivity index (χ0v) is 10.5. The Labute approximate surface area is 96.1 Å². The van der Waals surface area contributed by atoms with Crippen LogP contribution in [0.1, 0.15) is 33.1 Å². The predicted octanol–water partition coefficient (Wildman–Crippen LogP) is 0.406. The maximum Gasteiger partial charge on any atom is 0.323 e. The molecule has 6 heteroatoms. The average Bonchev–Trinajstić information content (AvgIpc) is 2.21. The Balaban J connectivity index is 2.59. The minimum atomic E-state index is -2.89. The van der Waals surface area contributed by atoms with Crippen LogP contribution >= 0.6 is 0 Å². The van der Waals surface area contributed by atoms with Gasteiger partial charge in [-0.1, -0.05) is 6.92 Å². The number of hydrogen-bond acceptors (Lipinski definition) is 4. The van der Waals surface area contributed by atoms with Gasteiger partial charge in [0.05, 0.1) is 11.5 Å². The second-order valence-electron chi connectivity index (χ2n) is 4.56. The lowest BCUT2D eigenvalue weighted by molar-refractivity contribution is -0.144. The minimum absolute atomic E-state index is 0.00965. The van der Waals surface area contributed by atoms with Gasteiger partial charge < -0.3 is 5.11 Å². The molecule has 1 unspecified atom stereocenters. The Morgan fingerprint density at radius 3 is 2.31 bits per heavy atom. The summed E-state index contributed by atoms with van der Waals surface area (Å²) in [5.41, 5.74) is -0.953. The fraction of sp³-hybridized carbons (Fsp3) is 0.900. The Kier molecular flexibility index (Phi) is 3.96. The first-order valence-electron chi connectivity index (χ1n) is 5.50. The molecule has 1 saturated heterocycles. The second-order valence-corrected chi connectivity index (χ2v) is 6.86. The highest BCUT2D eigenvalue weighted by molar-refractivity contribution is 7.91. The predicted molar refractivity (Wildman–Crippen MR) is 61.1 cm³/mol. The summed E-state index contributed by atoms with van der Waals surface area (Å²) in [6.45, 7) is 3.44. The molecule has 0 aromatic carbocycles. The Hall–Kier alpha value is -0.620. The maximum absolute atomic E-state index is 11.2. The van der Waals surface area contributed by atoms with E-state index in [1.807, 2.05) is 0 Å². The van der Waals surface area contributed by atoms with Crippen molar-refractivity contribution in [1.82, 2.24) is 5.32 Å². The number of nitrogens with one attached hydrogen (secondary N) is 1. The van der Waals surface area contributed by atoms with E-state index >= 15 is 0 Å². The van der Waals surface area contributed by atoms with Crippen molar-refractivity contribution in [3.05, 3.63) is 0 Å². The van der Waals surface area contributed by atoms with Gasteiger partial charge in [0, 0.05) is 6.04 Å². The number of carbonyl (C=O) groups is 1. The Bertz CT molecular complexity index is 351. The van der Waals surface area contributed by atoms with Crippen LogP contribution in [0.25, 0.3) is 0 Å². The number of hydrogen-bond donors (Lipinski definition) is 2. The summed E-state index contributed by atoms with van der Waals surface area (Å²) in [5.74, 6) is -0.572. The van der Waals surface area contributed by atoms with Crippen LogP contribution in [0.2, 0.25) is 0 Å². The minimum Gasteiger partial charge on any atom is -0.480 e. The highest BCUT2D eigenvalue weighted by atomic mass is 32.2. The molecule has 1 fully saturated rings. The van der Waals surface area contributed by atoms with Gasteiger partial charge in [0.1, 0.15) is 15.4 Å². The third-order valence-corrected chi connectivity index (χ3v) is 4.97. The van der Waals surface area contributed by atoms with Crippen molar-refractivity contribution in [2.45, 2.75) is 44.7 Å². The van der Waals surface area contributed by atoms with Crippen LogP contribution in [-0.2, 0) is 14.6 Å². The van der Waals surface area contributed by atoms with Crippen molar-refractivity contribution in [2.75, 3.05) is 11.5 Å². The zero-order valence-electron chi connectivity index (χ0n) is 9.69. The topological polar surface area (TPSA) is 83.5 Å². The molecule has 0 amide bonds. The Morgan fingerprint density at radius 2 is 1.94 bits per heavy atom. The molecule has 0 radical (unpaired) electrons. The van der Waals surface area contributed by atoms with Crippen molar-refractivity contribution in [2.24, 2.45) is 0 Å². The van der Waals surface area contributed by atoms with E-state index in [1.54, 1.807) is 13.8 Å². The van der Waals surface area contributed by atoms with E-state index in [-0.39, 0.29) is 17.5 Å². The maximum atomic E-state index is 11.2. The van der Waals surface area contributed by atoms with E-state index in [9.17, 15) is 13.2 Å². The van der Waals surface area contributed by atoms with Gasteiger partial charge in [0.2, 0.25) is 0 Å². The van der Waals surface area contributed by atoms with Gasteiger partial charge in [0.15, 0.2) is 0 Å². The molecule has 1 aliphatic heterocycles. The van der Waals surface area contributed by atoms with Crippen LogP contribution < -0.4 is 5.32 Å². The number of sulfone groups is 1. The summed E-state index contributed by atoms with van der Waals surface area (Å²) in [4.78, 5) is 11.1. The van der Waals surface area contributed by atoms with Gasteiger partial charge in [0.25, 0.3) is 0 Å². The van der Waals surface area contributed by atoms with Crippen molar-refractivity contribution in [3.8, 4) is 0 Å². The molecule has 1 atom stereocenters. The highest BCUT2D eigenvalue weighted by Crippen LogP contribution is 2.18. The van der Waals surface area contributed by atoms with Crippen molar-refractivity contribution in [3.63, 3.8) is 0 Å². The first kappa shape index (κ1) is 13.4. The van der Waals surface area contributed by atoms with Crippen LogP contribution in [0.3, 0.4) is 0 Å². The third-order valence-electron chi connectivity index (χ3n) is 3.26. The van der Waals surface area contributed by atoms with Gasteiger partial charge in [-0.3, -0.25) is 10.1 Å². The monoisotopic (exact) mass is 249 g/mol. The number of aliphatic carboxylic acids is 1. The first-order chi connectivity index (χ1) is 7.29. The average molecular weight is 249 g/mol. The molecule has 0 bridgehead atoms. The standard InChI is InChI=1S/C10H19NO4S/c1-3-10(2,9(12)13)11-8-4-6-16(14,15)7-5-8/h8,11H,3-7H2,1-2H3,(H,12,13). The molecule has 94 valence electrons. The van der Waals surface area contributed by atoms with Gasteiger partial charge in [-0.25, -0.2) is 8.42 Å². The van der Waals surface area contributed by atoms with Crippen molar-refractivity contribution in [1.29, 1.82) is 0 Å². The zero-order chi connectivity index (χ0) is 12.4. The molecular formula is C10H19NO4S. The van der Waals surface area contributed by atoms with Crippen LogP contribution in [0.5, 0.6) is 0 Å². The molecule has 0 aliphatic carbocycles. The van der Waals surface area contributed by atoms with Gasteiger partial charge in [-0.15, -0.1) is 0 Å². The molecule has 0 saturated carbocycles. The van der Waals surface area contributed by atoms with E-state index in [2.05, 4.69) is 5.32 Å². The van der Waals surface area contributed by atoms with Gasteiger partial charge in [-0.2, -0.15) is 0 Å². The summed E-state index contributed by atoms with van der Waals surface area (Å²) < 4.78 is 22.4. The lowest BCUT2D eigenvalue weighted by atomic mass is 9.96. The largest absolute Gasteiger partial charge is 0.480 e. The normalized spacial score (nSPS) is 24.9. The Morgan fingerprint density at radius 1 is 1.44 bits per heavy atom. The molecule has 1 rings (SSSR count). The van der Waals surface area contributed by atoms with Crippen LogP contribution in [0, 0.1) is 0 Å². The van der Waals surface area contributed by atoms with Crippen LogP contribution in [0.4, 0.5) is 0 Å². The molecule has 16 heavy (non-hydrogen) atoms. The highest BCUT2D eigenvalue weighted by Gasteiger charge is 2.35. The lowest BCUT2D eigenvalue weighted by Gasteiger charge is -2.32. The quantitative estimate of drug-likeness (QED) is 0.754. The van der Waals surface area contributed by atoms with E-state index in [0.29, 0.717) is 19.3 Å². The fourth-order valence-electron chi connectivity index (χ4n) is 1.80. The molecule has 5 nitrogen and oxygen atoms in total. The number of rotatable bonds is 4. The smallest absolute Gasteiger partial charge is 0.323 e. The molecule has 0 spiro atoms. The summed E-state index contributed by atoms with van der Waals surface area (Å²) in [5, 5.41) is 12.1. The molecular weight excluding hydrogens is 230 g/mol. The number of carboxylic acids is 1. The molecule has 2 N–H and O–H groups in total. The van der Waals surface area contributed by atoms with Crippen molar-refractivity contribution >= 4 is 15.8 Å². The van der Waals surface area contributed by atoms with Crippen LogP contribution in [-0.4, -0.2) is 42.6 Å². The molecule has 1 aliphatic rings. The van der Waals surface area contributed by atoms with E-state index in [1.165, 1.54) is 0 Å². The van der Waals surface area contributed by atoms with Gasteiger partial charge in [-0.05, 0) is 26.2 Å². The molecule has 0 aromatic heterocycles. The second kappa shape index (κ2) is 4.71. The van der Waals surface area contributed by atoms with E-state index < -0.39 is 21.3 Å². The first-order valence-corrected chi connectivity index (χ1v) is 7.33. The summed E-state index contributed by atoms with van der Waals surface area (Å²) >= 11 is 0. The lowest BCUT2D eigenvalue weighted by Crippen LogP contribution is -2.55. The summed E-state index contributed by atoms with van der Waals surface area (Å²) in [6.07, 6.45) is 1.49. The van der Waals surface area contributed by atoms with E-state index in [0.717, 1.165) is 0 Å². The molecule has 1 heterocycles. The number of carboxylic acid groups (broad SMARTS) is 1. The summed E-state index contributed by atoms with van der Waals surface area (Å²) in [6, 6.07) is -0.00965. The third kappa shape index (κ3) is 3.18. The van der Waals surface area contributed by atoms with Crippen molar-refractivity contribution < 1.29 is 18.3 Å². The van der Waals surface area contributed by atoms with E-state index in [4.69, 9.17) is 5.11 Å². The van der Waals surface area contributed by atoms with Crippen LogP contribution in [0.15, 0.2) is 0 Å². The SMILES string of the molecule is CCC(C)(NC1CCS(=O)(=O)CC1)C(=O)O. The fourth-order valence-corrected chi connectivity index (χ4v) is 3.29. The van der Waals surface area contributed by atoms with Gasteiger partial charge >= 0.3 is 5.97 Å². The molecule has 0 aromatic rings. The summed E-state index contributed by atoms with van der Waals surface area (Å²) in [7, 11) is -2.89.